The summed E-state index contributed by atoms with van der Waals surface area (Å²) >= 11 is 5.02. The van der Waals surface area contributed by atoms with Crippen molar-refractivity contribution < 1.29 is 0 Å². The molecule has 0 heterocycles. The number of rotatable bonds is 5. The average Bonchev–Trinajstić information content (AvgIpc) is 2.29. The van der Waals surface area contributed by atoms with Crippen LogP contribution in [0.15, 0.2) is 18.2 Å². The molecule has 2 N–H and O–H groups in total. The van der Waals surface area contributed by atoms with Crippen molar-refractivity contribution in [1.29, 1.82) is 0 Å². The van der Waals surface area contributed by atoms with Crippen LogP contribution >= 0.6 is 12.2 Å². The van der Waals surface area contributed by atoms with E-state index in [0.29, 0.717) is 11.0 Å². The minimum absolute atomic E-state index is 0.472. The standard InChI is InChI=1S/C14H22N2S/c1-5-11(6-2)16(4)12-7-8-13(14(15)17)10(3)9-12/h7-9,11H,5-6H2,1-4H3,(H2,15,17). The van der Waals surface area contributed by atoms with Crippen LogP contribution in [0.5, 0.6) is 0 Å². The van der Waals surface area contributed by atoms with Crippen molar-refractivity contribution >= 4 is 22.9 Å². The minimum Gasteiger partial charge on any atom is -0.389 e. The van der Waals surface area contributed by atoms with Crippen LogP contribution in [0.1, 0.15) is 37.8 Å². The monoisotopic (exact) mass is 250 g/mol. The Morgan fingerprint density at radius 1 is 1.35 bits per heavy atom. The molecule has 1 aromatic carbocycles. The number of anilines is 1. The Morgan fingerprint density at radius 2 is 1.94 bits per heavy atom. The van der Waals surface area contributed by atoms with Gasteiger partial charge in [0, 0.05) is 24.3 Å². The second kappa shape index (κ2) is 6.01. The van der Waals surface area contributed by atoms with Crippen LogP contribution in [0, 0.1) is 6.92 Å². The third kappa shape index (κ3) is 3.19. The average molecular weight is 250 g/mol. The lowest BCUT2D eigenvalue weighted by molar-refractivity contribution is 0.591. The van der Waals surface area contributed by atoms with Gasteiger partial charge in [-0.05, 0) is 43.5 Å². The van der Waals surface area contributed by atoms with Gasteiger partial charge in [-0.15, -0.1) is 0 Å². The van der Waals surface area contributed by atoms with Gasteiger partial charge >= 0.3 is 0 Å². The Kier molecular flexibility index (Phi) is 4.94. The zero-order valence-electron chi connectivity index (χ0n) is 11.2. The van der Waals surface area contributed by atoms with Crippen molar-refractivity contribution in [2.75, 3.05) is 11.9 Å². The molecule has 0 atom stereocenters. The van der Waals surface area contributed by atoms with Crippen LogP contribution in [0.2, 0.25) is 0 Å². The van der Waals surface area contributed by atoms with Crippen molar-refractivity contribution in [3.63, 3.8) is 0 Å². The van der Waals surface area contributed by atoms with Crippen LogP contribution in [-0.2, 0) is 0 Å². The number of aryl methyl sites for hydroxylation is 1. The van der Waals surface area contributed by atoms with Crippen molar-refractivity contribution in [1.82, 2.24) is 0 Å². The molecule has 0 aliphatic heterocycles. The number of nitrogens with two attached hydrogens (primary N) is 1. The van der Waals surface area contributed by atoms with Gasteiger partial charge in [-0.1, -0.05) is 26.1 Å². The minimum atomic E-state index is 0.472. The molecule has 0 saturated heterocycles. The lowest BCUT2D eigenvalue weighted by atomic mass is 10.1. The summed E-state index contributed by atoms with van der Waals surface area (Å²) in [5.41, 5.74) is 9.02. The summed E-state index contributed by atoms with van der Waals surface area (Å²) in [5.74, 6) is 0. The zero-order chi connectivity index (χ0) is 13.0. The molecule has 1 aromatic rings. The molecule has 0 spiro atoms. The third-order valence-electron chi connectivity index (χ3n) is 3.37. The second-order valence-electron chi connectivity index (χ2n) is 4.44. The molecule has 0 aliphatic rings. The summed E-state index contributed by atoms with van der Waals surface area (Å²) in [4.78, 5) is 2.80. The van der Waals surface area contributed by atoms with Gasteiger partial charge in [0.1, 0.15) is 4.99 Å². The maximum atomic E-state index is 5.67. The quantitative estimate of drug-likeness (QED) is 0.813. The Hall–Kier alpha value is -1.09. The largest absolute Gasteiger partial charge is 0.389 e. The number of thiocarbonyl (C=S) groups is 1. The molecule has 0 bridgehead atoms. The first-order valence-electron chi connectivity index (χ1n) is 6.14. The number of hydrogen-bond donors (Lipinski definition) is 1. The van der Waals surface area contributed by atoms with Gasteiger partial charge in [-0.3, -0.25) is 0 Å². The second-order valence-corrected chi connectivity index (χ2v) is 4.88. The molecule has 0 amide bonds. The first kappa shape index (κ1) is 14.0. The Morgan fingerprint density at radius 3 is 2.35 bits per heavy atom. The Balaban J connectivity index is 3.00. The molecule has 0 fully saturated rings. The van der Waals surface area contributed by atoms with E-state index >= 15 is 0 Å². The molecule has 0 aromatic heterocycles. The summed E-state index contributed by atoms with van der Waals surface area (Å²) in [7, 11) is 2.15. The van der Waals surface area contributed by atoms with E-state index < -0.39 is 0 Å². The summed E-state index contributed by atoms with van der Waals surface area (Å²) < 4.78 is 0. The predicted molar refractivity (Wildman–Crippen MR) is 79.8 cm³/mol. The van der Waals surface area contributed by atoms with Gasteiger partial charge in [0.05, 0.1) is 0 Å². The van der Waals surface area contributed by atoms with E-state index in [2.05, 4.69) is 44.9 Å². The maximum absolute atomic E-state index is 5.67. The Labute approximate surface area is 110 Å². The highest BCUT2D eigenvalue weighted by atomic mass is 32.1. The van der Waals surface area contributed by atoms with Gasteiger partial charge < -0.3 is 10.6 Å². The first-order valence-corrected chi connectivity index (χ1v) is 6.55. The fourth-order valence-electron chi connectivity index (χ4n) is 2.19. The van der Waals surface area contributed by atoms with E-state index in [4.69, 9.17) is 18.0 Å². The smallest absolute Gasteiger partial charge is 0.104 e. The Bertz CT molecular complexity index is 397. The molecule has 0 aliphatic carbocycles. The van der Waals surface area contributed by atoms with Crippen molar-refractivity contribution in [2.45, 2.75) is 39.7 Å². The summed E-state index contributed by atoms with van der Waals surface area (Å²) in [6, 6.07) is 6.86. The summed E-state index contributed by atoms with van der Waals surface area (Å²) in [6.07, 6.45) is 2.31. The molecule has 1 rings (SSSR count). The molecule has 3 heteroatoms. The molecule has 0 radical (unpaired) electrons. The maximum Gasteiger partial charge on any atom is 0.104 e. The van der Waals surface area contributed by atoms with E-state index in [1.165, 1.54) is 5.69 Å². The van der Waals surface area contributed by atoms with E-state index in [9.17, 15) is 0 Å². The molecule has 2 nitrogen and oxygen atoms in total. The predicted octanol–water partition coefficient (Wildman–Crippen LogP) is 3.25. The summed E-state index contributed by atoms with van der Waals surface area (Å²) in [5, 5.41) is 0. The number of nitrogens with zero attached hydrogens (tertiary/aromatic N) is 1. The highest BCUT2D eigenvalue weighted by Gasteiger charge is 2.12. The van der Waals surface area contributed by atoms with Crippen molar-refractivity contribution in [3.05, 3.63) is 29.3 Å². The molecule has 0 unspecified atom stereocenters. The number of hydrogen-bond acceptors (Lipinski definition) is 2. The van der Waals surface area contributed by atoms with Crippen LogP contribution in [0.3, 0.4) is 0 Å². The topological polar surface area (TPSA) is 29.3 Å². The van der Waals surface area contributed by atoms with Gasteiger partial charge in [0.25, 0.3) is 0 Å². The van der Waals surface area contributed by atoms with Crippen LogP contribution in [0.25, 0.3) is 0 Å². The van der Waals surface area contributed by atoms with E-state index in [1.54, 1.807) is 0 Å². The molecule has 0 saturated carbocycles. The van der Waals surface area contributed by atoms with E-state index in [1.807, 2.05) is 6.07 Å². The molecular formula is C14H22N2S. The fraction of sp³-hybridized carbons (Fsp3) is 0.500. The molecule has 17 heavy (non-hydrogen) atoms. The third-order valence-corrected chi connectivity index (χ3v) is 3.59. The zero-order valence-corrected chi connectivity index (χ0v) is 12.0. The lowest BCUT2D eigenvalue weighted by Gasteiger charge is -2.29. The van der Waals surface area contributed by atoms with Crippen LogP contribution in [-0.4, -0.2) is 18.1 Å². The first-order chi connectivity index (χ1) is 8.01. The highest BCUT2D eigenvalue weighted by Crippen LogP contribution is 2.22. The van der Waals surface area contributed by atoms with Crippen LogP contribution < -0.4 is 10.6 Å². The van der Waals surface area contributed by atoms with Crippen LogP contribution in [0.4, 0.5) is 5.69 Å². The van der Waals surface area contributed by atoms with Gasteiger partial charge in [-0.25, -0.2) is 0 Å². The molecular weight excluding hydrogens is 228 g/mol. The van der Waals surface area contributed by atoms with Crippen molar-refractivity contribution in [3.8, 4) is 0 Å². The lowest BCUT2D eigenvalue weighted by Crippen LogP contribution is -2.30. The SMILES string of the molecule is CCC(CC)N(C)c1ccc(C(N)=S)c(C)c1. The number of benzene rings is 1. The van der Waals surface area contributed by atoms with Gasteiger partial charge in [0.2, 0.25) is 0 Å². The van der Waals surface area contributed by atoms with Gasteiger partial charge in [-0.2, -0.15) is 0 Å². The van der Waals surface area contributed by atoms with E-state index in [0.717, 1.165) is 24.0 Å². The van der Waals surface area contributed by atoms with Gasteiger partial charge in [0.15, 0.2) is 0 Å². The highest BCUT2D eigenvalue weighted by molar-refractivity contribution is 7.80. The fourth-order valence-corrected chi connectivity index (χ4v) is 2.42. The normalized spacial score (nSPS) is 10.6. The molecule has 94 valence electrons. The van der Waals surface area contributed by atoms with E-state index in [-0.39, 0.29) is 0 Å². The summed E-state index contributed by atoms with van der Waals surface area (Å²) in [6.45, 7) is 6.50. The van der Waals surface area contributed by atoms with Crippen molar-refractivity contribution in [2.24, 2.45) is 5.73 Å².